The Kier molecular flexibility index (Phi) is 12.4. The van der Waals surface area contributed by atoms with Gasteiger partial charge in [-0.05, 0) is 63.1 Å². The molecule has 3 rings (SSSR count). The van der Waals surface area contributed by atoms with Gasteiger partial charge in [0.2, 0.25) is 0 Å². The van der Waals surface area contributed by atoms with E-state index >= 15 is 0 Å². The molecule has 1 heterocycles. The molecule has 0 saturated heterocycles. The maximum atomic E-state index is 13.8. The van der Waals surface area contributed by atoms with Gasteiger partial charge in [0.1, 0.15) is 21.7 Å². The van der Waals surface area contributed by atoms with E-state index in [2.05, 4.69) is 81.3 Å². The van der Waals surface area contributed by atoms with Crippen molar-refractivity contribution in [3.63, 3.8) is 0 Å². The van der Waals surface area contributed by atoms with E-state index in [1.165, 1.54) is 57.8 Å². The summed E-state index contributed by atoms with van der Waals surface area (Å²) in [7, 11) is -3.04. The molecule has 0 aliphatic rings. The van der Waals surface area contributed by atoms with Crippen molar-refractivity contribution in [2.24, 2.45) is 0 Å². The summed E-state index contributed by atoms with van der Waals surface area (Å²) in [6.07, 6.45) is 13.5. The molecule has 0 radical (unpaired) electrons. The van der Waals surface area contributed by atoms with Crippen molar-refractivity contribution >= 4 is 44.0 Å². The van der Waals surface area contributed by atoms with Crippen molar-refractivity contribution in [3.05, 3.63) is 47.5 Å². The van der Waals surface area contributed by atoms with Gasteiger partial charge in [0.05, 0.1) is 11.0 Å². The zero-order chi connectivity index (χ0) is 31.7. The molecule has 0 atom stereocenters. The Hall–Kier alpha value is -2.74. The molecule has 0 aliphatic heterocycles. The van der Waals surface area contributed by atoms with Gasteiger partial charge in [0.15, 0.2) is 0 Å². The van der Waals surface area contributed by atoms with E-state index in [0.717, 1.165) is 45.8 Å². The molecule has 0 unspecified atom stereocenters. The molecule has 2 aromatic carbocycles. The number of aromatic nitrogens is 1. The SMILES string of the molecule is CCCCCCCCCCCCC(C)(C)OC(=O)n1c2ccc(C#C[Si](C)(C)C)cc2c2cc(C#C[Si](C)(C)C)ccc21. The molecule has 0 saturated carbocycles. The Morgan fingerprint density at radius 1 is 0.698 bits per heavy atom. The Balaban J connectivity index is 1.81. The quantitative estimate of drug-likeness (QED) is 0.116. The summed E-state index contributed by atoms with van der Waals surface area (Å²) in [5, 5.41) is 2.02. The van der Waals surface area contributed by atoms with Crippen molar-refractivity contribution in [1.29, 1.82) is 0 Å². The molecule has 232 valence electrons. The summed E-state index contributed by atoms with van der Waals surface area (Å²) in [5.41, 5.74) is 10.1. The van der Waals surface area contributed by atoms with Crippen molar-refractivity contribution < 1.29 is 9.53 Å². The average molecular weight is 614 g/mol. The third-order valence-electron chi connectivity index (χ3n) is 7.61. The molecule has 1 aromatic heterocycles. The maximum Gasteiger partial charge on any atom is 0.419 e. The van der Waals surface area contributed by atoms with Crippen LogP contribution in [0.1, 0.15) is 103 Å². The van der Waals surface area contributed by atoms with Gasteiger partial charge in [0.25, 0.3) is 0 Å². The van der Waals surface area contributed by atoms with Gasteiger partial charge < -0.3 is 4.74 Å². The second-order valence-electron chi connectivity index (χ2n) is 14.9. The number of carbonyl (C=O) groups excluding carboxylic acids is 1. The van der Waals surface area contributed by atoms with E-state index in [-0.39, 0.29) is 6.09 Å². The molecule has 0 spiro atoms. The van der Waals surface area contributed by atoms with Crippen molar-refractivity contribution in [2.75, 3.05) is 0 Å². The first kappa shape index (κ1) is 34.8. The molecule has 0 amide bonds. The van der Waals surface area contributed by atoms with Gasteiger partial charge in [-0.3, -0.25) is 0 Å². The Labute approximate surface area is 264 Å². The third-order valence-corrected chi connectivity index (χ3v) is 9.36. The maximum absolute atomic E-state index is 13.8. The first-order chi connectivity index (χ1) is 20.2. The number of fused-ring (bicyclic) bond motifs is 3. The monoisotopic (exact) mass is 613 g/mol. The highest BCUT2D eigenvalue weighted by Crippen LogP contribution is 2.32. The molecule has 0 fully saturated rings. The van der Waals surface area contributed by atoms with Crippen LogP contribution < -0.4 is 0 Å². The van der Waals surface area contributed by atoms with Crippen LogP contribution in [0.15, 0.2) is 36.4 Å². The van der Waals surface area contributed by atoms with Gasteiger partial charge in [0, 0.05) is 21.9 Å². The predicted molar refractivity (Wildman–Crippen MR) is 192 cm³/mol. The summed E-state index contributed by atoms with van der Waals surface area (Å²) in [6, 6.07) is 12.3. The highest BCUT2D eigenvalue weighted by Gasteiger charge is 2.26. The van der Waals surface area contributed by atoms with Crippen LogP contribution in [0.4, 0.5) is 4.79 Å². The minimum Gasteiger partial charge on any atom is -0.443 e. The summed E-state index contributed by atoms with van der Waals surface area (Å²) in [5.74, 6) is 6.79. The van der Waals surface area contributed by atoms with E-state index in [1.54, 1.807) is 4.57 Å². The van der Waals surface area contributed by atoms with Gasteiger partial charge in [-0.1, -0.05) is 116 Å². The zero-order valence-corrected chi connectivity index (χ0v) is 30.5. The number of hydrogen-bond donors (Lipinski definition) is 0. The Morgan fingerprint density at radius 2 is 1.12 bits per heavy atom. The fourth-order valence-corrected chi connectivity index (χ4v) is 6.30. The minimum atomic E-state index is -1.52. The standard InChI is InChI=1S/C38H55NO2Si2/c1-10-11-12-13-14-15-16-17-18-19-26-38(2,3)41-37(40)39-35-22-20-31(24-27-42(4,5)6)29-33(35)34-30-32(21-23-36(34)39)25-28-43(7,8)9/h20-23,29-30H,10-19,26H2,1-9H3. The van der Waals surface area contributed by atoms with E-state index < -0.39 is 21.7 Å². The van der Waals surface area contributed by atoms with Gasteiger partial charge in [-0.15, -0.1) is 11.1 Å². The lowest BCUT2D eigenvalue weighted by Crippen LogP contribution is -2.30. The van der Waals surface area contributed by atoms with Gasteiger partial charge in [-0.25, -0.2) is 9.36 Å². The summed E-state index contributed by atoms with van der Waals surface area (Å²) in [6.45, 7) is 19.9. The summed E-state index contributed by atoms with van der Waals surface area (Å²) in [4.78, 5) is 13.8. The number of rotatable bonds is 12. The van der Waals surface area contributed by atoms with Crippen molar-refractivity contribution in [1.82, 2.24) is 4.57 Å². The fourth-order valence-electron chi connectivity index (χ4n) is 5.27. The number of hydrogen-bond acceptors (Lipinski definition) is 2. The molecule has 3 nitrogen and oxygen atoms in total. The normalized spacial score (nSPS) is 12.1. The summed E-state index contributed by atoms with van der Waals surface area (Å²) < 4.78 is 7.95. The van der Waals surface area contributed by atoms with E-state index in [1.807, 2.05) is 38.1 Å². The van der Waals surface area contributed by atoms with Crippen molar-refractivity contribution in [2.45, 2.75) is 136 Å². The highest BCUT2D eigenvalue weighted by molar-refractivity contribution is 6.84. The number of ether oxygens (including phenoxy) is 1. The lowest BCUT2D eigenvalue weighted by Gasteiger charge is -2.25. The molecule has 0 N–H and O–H groups in total. The average Bonchev–Trinajstić information content (AvgIpc) is 3.24. The number of unbranched alkanes of at least 4 members (excludes halogenated alkanes) is 9. The molecular formula is C38H55NO2Si2. The van der Waals surface area contributed by atoms with Crippen LogP contribution in [0.5, 0.6) is 0 Å². The second-order valence-corrected chi connectivity index (χ2v) is 24.4. The second kappa shape index (κ2) is 15.3. The highest BCUT2D eigenvalue weighted by atomic mass is 28.3. The topological polar surface area (TPSA) is 31.2 Å². The molecule has 3 aromatic rings. The van der Waals surface area contributed by atoms with Crippen LogP contribution in [-0.4, -0.2) is 32.4 Å². The van der Waals surface area contributed by atoms with Crippen LogP contribution in [-0.2, 0) is 4.74 Å². The van der Waals surface area contributed by atoms with E-state index in [9.17, 15) is 4.79 Å². The van der Waals surface area contributed by atoms with Crippen LogP contribution in [0.2, 0.25) is 39.3 Å². The molecule has 5 heteroatoms. The fraction of sp³-hybridized carbons (Fsp3) is 0.553. The lowest BCUT2D eigenvalue weighted by atomic mass is 9.99. The largest absolute Gasteiger partial charge is 0.443 e. The predicted octanol–water partition coefficient (Wildman–Crippen LogP) is 11.3. The number of nitrogens with zero attached hydrogens (tertiary/aromatic N) is 1. The van der Waals surface area contributed by atoms with E-state index in [0.29, 0.717) is 0 Å². The first-order valence-corrected chi connectivity index (χ1v) is 23.6. The first-order valence-electron chi connectivity index (χ1n) is 16.6. The van der Waals surface area contributed by atoms with Gasteiger partial charge in [-0.2, -0.15) is 0 Å². The number of carbonyl (C=O) groups is 1. The van der Waals surface area contributed by atoms with Crippen LogP contribution in [0, 0.1) is 22.9 Å². The smallest absolute Gasteiger partial charge is 0.419 e. The lowest BCUT2D eigenvalue weighted by molar-refractivity contribution is 0.0329. The Morgan fingerprint density at radius 3 is 1.53 bits per heavy atom. The van der Waals surface area contributed by atoms with Crippen molar-refractivity contribution in [3.8, 4) is 22.9 Å². The molecular weight excluding hydrogens is 559 g/mol. The zero-order valence-electron chi connectivity index (χ0n) is 28.5. The molecule has 0 aliphatic carbocycles. The van der Waals surface area contributed by atoms with Crippen LogP contribution in [0.3, 0.4) is 0 Å². The van der Waals surface area contributed by atoms with Crippen LogP contribution in [0.25, 0.3) is 21.8 Å². The van der Waals surface area contributed by atoms with E-state index in [4.69, 9.17) is 4.74 Å². The number of benzene rings is 2. The molecule has 0 bridgehead atoms. The van der Waals surface area contributed by atoms with Gasteiger partial charge >= 0.3 is 6.09 Å². The minimum absolute atomic E-state index is 0.320. The van der Waals surface area contributed by atoms with Crippen LogP contribution >= 0.6 is 0 Å². The molecule has 43 heavy (non-hydrogen) atoms. The summed E-state index contributed by atoms with van der Waals surface area (Å²) >= 11 is 0. The third kappa shape index (κ3) is 11.4. The Bertz CT molecular complexity index is 1420.